The van der Waals surface area contributed by atoms with Crippen LogP contribution in [0.25, 0.3) is 0 Å². The molecule has 1 atom stereocenters. The molecule has 0 N–H and O–H groups in total. The first-order valence-electron chi connectivity index (χ1n) is 12.8. The molecular formula is C31H38N2OSi. The molecule has 182 valence electrons. The second kappa shape index (κ2) is 10.7. The van der Waals surface area contributed by atoms with E-state index in [0.717, 1.165) is 37.1 Å². The van der Waals surface area contributed by atoms with Crippen LogP contribution in [0, 0.1) is 0 Å². The Labute approximate surface area is 211 Å². The van der Waals surface area contributed by atoms with Gasteiger partial charge in [0, 0.05) is 12.3 Å². The Kier molecular flexibility index (Phi) is 7.71. The number of rotatable bonds is 9. The van der Waals surface area contributed by atoms with E-state index in [0.29, 0.717) is 0 Å². The van der Waals surface area contributed by atoms with E-state index in [2.05, 4.69) is 130 Å². The topological polar surface area (TPSA) is 38.9 Å². The van der Waals surface area contributed by atoms with Gasteiger partial charge in [0.15, 0.2) is 0 Å². The van der Waals surface area contributed by atoms with E-state index in [1.54, 1.807) is 0 Å². The zero-order valence-corrected chi connectivity index (χ0v) is 22.8. The summed E-state index contributed by atoms with van der Waals surface area (Å²) in [4.78, 5) is 0. The van der Waals surface area contributed by atoms with Crippen LogP contribution >= 0.6 is 0 Å². The zero-order valence-electron chi connectivity index (χ0n) is 21.8. The van der Waals surface area contributed by atoms with E-state index in [1.807, 2.05) is 0 Å². The molecule has 4 aromatic rings. The van der Waals surface area contributed by atoms with Gasteiger partial charge in [0.05, 0.1) is 0 Å². The molecule has 0 spiro atoms. The van der Waals surface area contributed by atoms with Crippen molar-refractivity contribution in [2.45, 2.75) is 70.9 Å². The quantitative estimate of drug-likeness (QED) is 0.253. The molecule has 0 fully saturated rings. The molecule has 0 aliphatic carbocycles. The van der Waals surface area contributed by atoms with Gasteiger partial charge in [-0.3, -0.25) is 0 Å². The Bertz CT molecular complexity index is 1150. The zero-order chi connectivity index (χ0) is 24.9. The SMILES string of the molecule is CCc1ccc(C[C@H](C)c2nnc(CC[Si](c3ccccc3)(c3ccccc3)C(C)(C)C)o2)cc1. The van der Waals surface area contributed by atoms with E-state index in [9.17, 15) is 0 Å². The standard InChI is InChI=1S/C31H38N2OSi/c1-6-25-17-19-26(20-18-25)23-24(2)30-33-32-29(34-30)21-22-35(31(3,4)5,27-13-9-7-10-14-27)28-15-11-8-12-16-28/h7-20,24H,6,21-23H2,1-5H3/t24-/m0/s1. The highest BCUT2D eigenvalue weighted by atomic mass is 28.3. The molecule has 0 saturated heterocycles. The normalized spacial score (nSPS) is 13.1. The summed E-state index contributed by atoms with van der Waals surface area (Å²) in [6.45, 7) is 11.5. The van der Waals surface area contributed by atoms with Crippen LogP contribution < -0.4 is 10.4 Å². The summed E-state index contributed by atoms with van der Waals surface area (Å²) in [5.74, 6) is 1.68. The fourth-order valence-electron chi connectivity index (χ4n) is 5.35. The molecule has 1 aromatic heterocycles. The molecule has 0 aliphatic rings. The van der Waals surface area contributed by atoms with E-state index in [-0.39, 0.29) is 11.0 Å². The molecule has 0 unspecified atom stereocenters. The predicted octanol–water partition coefficient (Wildman–Crippen LogP) is 6.58. The van der Waals surface area contributed by atoms with E-state index in [4.69, 9.17) is 4.42 Å². The first-order valence-corrected chi connectivity index (χ1v) is 15.1. The molecule has 0 saturated carbocycles. The predicted molar refractivity (Wildman–Crippen MR) is 148 cm³/mol. The van der Waals surface area contributed by atoms with Crippen molar-refractivity contribution < 1.29 is 4.42 Å². The van der Waals surface area contributed by atoms with Crippen molar-refractivity contribution >= 4 is 18.4 Å². The smallest absolute Gasteiger partial charge is 0.219 e. The van der Waals surface area contributed by atoms with Gasteiger partial charge >= 0.3 is 0 Å². The minimum absolute atomic E-state index is 0.122. The maximum Gasteiger partial charge on any atom is 0.219 e. The first-order chi connectivity index (χ1) is 16.8. The highest BCUT2D eigenvalue weighted by molar-refractivity contribution is 7.04. The fraction of sp³-hybridized carbons (Fsp3) is 0.355. The Hall–Kier alpha value is -2.98. The minimum atomic E-state index is -2.15. The third-order valence-electron chi connectivity index (χ3n) is 7.40. The number of hydrogen-bond acceptors (Lipinski definition) is 3. The molecule has 1 heterocycles. The molecule has 0 aliphatic heterocycles. The van der Waals surface area contributed by atoms with Crippen LogP contribution in [0.15, 0.2) is 89.3 Å². The minimum Gasteiger partial charge on any atom is -0.425 e. The van der Waals surface area contributed by atoms with Gasteiger partial charge in [0.2, 0.25) is 11.8 Å². The average Bonchev–Trinajstić information content (AvgIpc) is 3.35. The first kappa shape index (κ1) is 25.1. The van der Waals surface area contributed by atoms with Crippen molar-refractivity contribution in [3.05, 3.63) is 108 Å². The van der Waals surface area contributed by atoms with E-state index < -0.39 is 8.07 Å². The molecule has 3 aromatic carbocycles. The van der Waals surface area contributed by atoms with Gasteiger partial charge in [0.1, 0.15) is 8.07 Å². The lowest BCUT2D eigenvalue weighted by Gasteiger charge is -2.44. The fourth-order valence-corrected chi connectivity index (χ4v) is 10.9. The molecule has 0 amide bonds. The number of aryl methyl sites for hydroxylation is 2. The lowest BCUT2D eigenvalue weighted by atomic mass is 10.00. The summed E-state index contributed by atoms with van der Waals surface area (Å²) >= 11 is 0. The Morgan fingerprint density at radius 2 is 1.31 bits per heavy atom. The van der Waals surface area contributed by atoms with Crippen LogP contribution in [-0.2, 0) is 19.3 Å². The summed E-state index contributed by atoms with van der Waals surface area (Å²) in [5, 5.41) is 12.0. The lowest BCUT2D eigenvalue weighted by Crippen LogP contribution is -2.64. The van der Waals surface area contributed by atoms with Gasteiger partial charge in [-0.05, 0) is 35.1 Å². The average molecular weight is 483 g/mol. The summed E-state index contributed by atoms with van der Waals surface area (Å²) in [6.07, 6.45) is 2.76. The molecule has 0 bridgehead atoms. The van der Waals surface area contributed by atoms with Crippen molar-refractivity contribution in [1.82, 2.24) is 10.2 Å². The van der Waals surface area contributed by atoms with Crippen LogP contribution in [0.5, 0.6) is 0 Å². The van der Waals surface area contributed by atoms with Gasteiger partial charge in [-0.2, -0.15) is 0 Å². The van der Waals surface area contributed by atoms with Crippen molar-refractivity contribution in [2.24, 2.45) is 0 Å². The van der Waals surface area contributed by atoms with Gasteiger partial charge < -0.3 is 4.42 Å². The second-order valence-corrected chi connectivity index (χ2v) is 15.7. The Morgan fingerprint density at radius 1 is 0.771 bits per heavy atom. The summed E-state index contributed by atoms with van der Waals surface area (Å²) in [6, 6.07) is 32.1. The lowest BCUT2D eigenvalue weighted by molar-refractivity contribution is 0.425. The monoisotopic (exact) mass is 482 g/mol. The van der Waals surface area contributed by atoms with Crippen LogP contribution in [0.3, 0.4) is 0 Å². The van der Waals surface area contributed by atoms with E-state index in [1.165, 1.54) is 21.5 Å². The molecule has 4 rings (SSSR count). The van der Waals surface area contributed by atoms with Crippen LogP contribution in [0.4, 0.5) is 0 Å². The van der Waals surface area contributed by atoms with Gasteiger partial charge in [0.25, 0.3) is 0 Å². The molecule has 35 heavy (non-hydrogen) atoms. The number of hydrogen-bond donors (Lipinski definition) is 0. The Morgan fingerprint density at radius 3 is 1.83 bits per heavy atom. The van der Waals surface area contributed by atoms with Gasteiger partial charge in [-0.25, -0.2) is 0 Å². The molecule has 0 radical (unpaired) electrons. The number of benzene rings is 3. The third kappa shape index (κ3) is 5.48. The highest BCUT2D eigenvalue weighted by Crippen LogP contribution is 2.39. The van der Waals surface area contributed by atoms with Gasteiger partial charge in [-0.15, -0.1) is 10.2 Å². The van der Waals surface area contributed by atoms with Crippen LogP contribution in [0.1, 0.15) is 63.4 Å². The van der Waals surface area contributed by atoms with Crippen molar-refractivity contribution in [3.63, 3.8) is 0 Å². The van der Waals surface area contributed by atoms with Crippen molar-refractivity contribution in [2.75, 3.05) is 0 Å². The summed E-state index contributed by atoms with van der Waals surface area (Å²) in [5.41, 5.74) is 2.67. The van der Waals surface area contributed by atoms with Crippen LogP contribution in [-0.4, -0.2) is 18.3 Å². The highest BCUT2D eigenvalue weighted by Gasteiger charge is 2.47. The van der Waals surface area contributed by atoms with Crippen molar-refractivity contribution in [3.8, 4) is 0 Å². The Balaban J connectivity index is 1.57. The molecule has 3 nitrogen and oxygen atoms in total. The maximum atomic E-state index is 6.24. The summed E-state index contributed by atoms with van der Waals surface area (Å²) < 4.78 is 6.24. The molecule has 4 heteroatoms. The van der Waals surface area contributed by atoms with Crippen LogP contribution in [0.2, 0.25) is 11.1 Å². The second-order valence-electron chi connectivity index (χ2n) is 10.7. The van der Waals surface area contributed by atoms with Crippen molar-refractivity contribution in [1.29, 1.82) is 0 Å². The number of aromatic nitrogens is 2. The largest absolute Gasteiger partial charge is 0.425 e. The maximum absolute atomic E-state index is 6.24. The van der Waals surface area contributed by atoms with E-state index >= 15 is 0 Å². The third-order valence-corrected chi connectivity index (χ3v) is 13.6. The number of nitrogens with zero attached hydrogens (tertiary/aromatic N) is 2. The van der Waals surface area contributed by atoms with Gasteiger partial charge in [-0.1, -0.05) is 130 Å². The summed E-state index contributed by atoms with van der Waals surface area (Å²) in [7, 11) is -2.15. The molecular weight excluding hydrogens is 444 g/mol.